The smallest absolute Gasteiger partial charge is 0.000131 e. The van der Waals surface area contributed by atoms with Crippen LogP contribution in [-0.2, 0) is 0 Å². The van der Waals surface area contributed by atoms with Gasteiger partial charge in [-0.2, -0.15) is 0 Å². The molecule has 0 rings (SSSR count). The van der Waals surface area contributed by atoms with E-state index in [0.29, 0.717) is 0 Å². The zero-order valence-electron chi connectivity index (χ0n) is 62.0. The normalized spacial score (nSPS) is 35.2. The second kappa shape index (κ2) is 27.0. The quantitative estimate of drug-likeness (QED) is 0.0895. The van der Waals surface area contributed by atoms with Crippen LogP contribution in [0.1, 0.15) is 0 Å². The zero-order chi connectivity index (χ0) is 62.0. The lowest BCUT2D eigenvalue weighted by molar-refractivity contribution is 2.77. The summed E-state index contributed by atoms with van der Waals surface area (Å²) in [4.78, 5) is 0. The molecule has 0 aliphatic carbocycles. The van der Waals surface area contributed by atoms with Gasteiger partial charge in [0.2, 0.25) is 0 Å². The Bertz CT molecular complexity index is 1540. The highest BCUT2D eigenvalue weighted by Crippen LogP contribution is 2.64. The van der Waals surface area contributed by atoms with Crippen molar-refractivity contribution in [2.75, 3.05) is 0 Å². The first kappa shape index (κ1) is 90.0. The van der Waals surface area contributed by atoms with Crippen molar-refractivity contribution in [3.8, 4) is 0 Å². The van der Waals surface area contributed by atoms with E-state index in [2.05, 4.69) is 488 Å². The average molecular weight is 2230 g/mol. The Hall–Kier alpha value is 16.0. The Morgan fingerprint density at radius 1 is 0.0811 bits per heavy atom. The van der Waals surface area contributed by atoms with Gasteiger partial charge in [-0.15, -0.1) is 0 Å². The Morgan fingerprint density at radius 2 is 0.162 bits per heavy atom. The first-order valence-corrected chi connectivity index (χ1v) is 277. The first-order chi connectivity index (χ1) is 30.8. The zero-order valence-corrected chi connectivity index (χ0v) is 186. The largest absolute Gasteiger partial charge is 0.0110 e. The van der Waals surface area contributed by atoms with Crippen LogP contribution in [0.2, 0.25) is 0 Å². The molecule has 446 valence electrons. The van der Waals surface area contributed by atoms with Crippen molar-refractivity contribution in [2.24, 2.45) is 0 Å². The highest BCUT2D eigenvalue weighted by atomic mass is 31.1. The van der Waals surface area contributed by atoms with Gasteiger partial charge in [-0.05, 0) is 635 Å². The van der Waals surface area contributed by atoms with Crippen LogP contribution in [0.25, 0.3) is 0 Å². The van der Waals surface area contributed by atoms with E-state index in [-0.39, 0.29) is 0 Å². The molecule has 0 fully saturated rings. The van der Waals surface area contributed by atoms with Crippen LogP contribution in [0.5, 0.6) is 0 Å². The minimum absolute atomic E-state index is 0.823. The van der Waals surface area contributed by atoms with Crippen molar-refractivity contribution in [3.05, 3.63) is 0 Å². The van der Waals surface area contributed by atoms with E-state index in [1.54, 1.807) is 0 Å². The van der Waals surface area contributed by atoms with E-state index in [0.717, 1.165) is 0 Å². The topological polar surface area (TPSA) is 0 Å². The summed E-state index contributed by atoms with van der Waals surface area (Å²) < 4.78 is 0. The first-order valence-electron chi connectivity index (χ1n) is 30.8. The Kier molecular flexibility index (Phi) is 32.8. The summed E-state index contributed by atoms with van der Waals surface area (Å²) in [7, 11) is 112. The van der Waals surface area contributed by atoms with E-state index in [9.17, 15) is 0 Å². The third kappa shape index (κ3) is 13.4. The molecule has 0 amide bonds. The van der Waals surface area contributed by atoms with Crippen molar-refractivity contribution in [3.63, 3.8) is 0 Å². The Morgan fingerprint density at radius 3 is 0.230 bits per heavy atom. The third-order valence-electron chi connectivity index (χ3n) is 23.1. The molecule has 0 aromatic carbocycles. The summed E-state index contributed by atoms with van der Waals surface area (Å²) >= 11 is 0. The average Bonchev–Trinajstić information content (AvgIpc) is 2.88. The van der Waals surface area contributed by atoms with Crippen LogP contribution in [-0.4, -0.2) is 635 Å². The van der Waals surface area contributed by atoms with E-state index in [1.807, 2.05) is 0 Å². The monoisotopic (exact) mass is 2220 g/mol. The van der Waals surface area contributed by atoms with Crippen molar-refractivity contribution in [1.82, 2.24) is 0 Å². The number of hydrogen-bond acceptors (Lipinski definition) is 0. The van der Waals surface area contributed by atoms with Crippen molar-refractivity contribution in [1.29, 1.82) is 0 Å². The summed E-state index contributed by atoms with van der Waals surface area (Å²) in [6.45, 7) is 0. The lowest BCUT2D eigenvalue weighted by Crippen LogP contribution is -3.36. The summed E-state index contributed by atoms with van der Waals surface area (Å²) in [6.07, 6.45) is -23.1. The van der Waals surface area contributed by atoms with Crippen LogP contribution in [0.3, 0.4) is 0 Å². The van der Waals surface area contributed by atoms with Gasteiger partial charge in [0.1, 0.15) is 0 Å². The fraction of sp³-hybridized carbons (Fsp3) is 0. The molecule has 0 N–H and O–H groups in total. The fourth-order valence-corrected chi connectivity index (χ4v) is 7240. The molecule has 0 atom stereocenters. The molecule has 0 radical (unpaired) electrons. The molecular weight excluding hydrogens is 2080 g/mol. The minimum atomic E-state index is -1.29. The second-order valence-corrected chi connectivity index (χ2v) is 1160. The predicted molar refractivity (Wildman–Crippen MR) is 635 cm³/mol. The van der Waals surface area contributed by atoms with E-state index >= 15 is 0 Å². The second-order valence-electron chi connectivity index (χ2n) is 42.9. The predicted octanol–water partition coefficient (Wildman–Crippen LogP) is -68.3. The van der Waals surface area contributed by atoms with Gasteiger partial charge in [-0.3, -0.25) is 0 Å². The van der Waals surface area contributed by atoms with E-state index < -0.39 is 147 Å². The molecule has 74 heavy (non-hydrogen) atoms. The molecular formula is H150Si74. The summed E-state index contributed by atoms with van der Waals surface area (Å²) in [5.41, 5.74) is 0. The van der Waals surface area contributed by atoms with Gasteiger partial charge in [-0.25, -0.2) is 0 Å². The maximum absolute atomic E-state index is 2.40. The van der Waals surface area contributed by atoms with Gasteiger partial charge in [0.15, 0.2) is 0 Å². The van der Waals surface area contributed by atoms with Crippen LogP contribution in [0, 0.1) is 0 Å². The van der Waals surface area contributed by atoms with E-state index in [4.69, 9.17) is 0 Å². The van der Waals surface area contributed by atoms with Crippen molar-refractivity contribution < 1.29 is 0 Å². The maximum Gasteiger partial charge on any atom is -0.000131 e. The molecule has 0 aromatic heterocycles. The third-order valence-corrected chi connectivity index (χ3v) is 1870. The molecule has 0 nitrogen and oxygen atoms in total. The maximum atomic E-state index is 2.40. The van der Waals surface area contributed by atoms with Gasteiger partial charge in [0.25, 0.3) is 0 Å². The Balaban J connectivity index is 15.9. The van der Waals surface area contributed by atoms with Gasteiger partial charge in [0, 0.05) is 0 Å². The Labute approximate surface area is 623 Å². The minimum Gasteiger partial charge on any atom is -0.0110 e. The lowest BCUT2D eigenvalue weighted by Gasteiger charge is -2.98. The van der Waals surface area contributed by atoms with Crippen molar-refractivity contribution >= 4 is 635 Å². The molecule has 0 bridgehead atoms. The SMILES string of the molecule is [SiH3][Si]([SiH3])([SiH3])[Si]([SiH3])([SiH3])[Si]([Si]([Si]([SiH3])([SiH3])[SiH3])([Si]([SiH3])([SiH3])[SiH3])[Si]([SiH3])([SiH3])[SiH3])([Si]([Si]([SiH3])([SiH3])[SiH3])([Si]([SiH3])([SiH3])[SiH3])[Si]([SiH3])([SiH3])[SiH3])[Si]([Si]([Si]([SiH3])([SiH3])[SiH3])([Si]([SiH3])([SiH3])[SiH3])[Si]([SiH3])([SiH3])[SiH3])([Si]([Si]([SiH3])([SiH3])[SiH3])([Si]([SiH3])([SiH3])[SiH3])[Si]([SiH3])([SiH3])[SiH3])[Si]([Si]([SiH3])([SiH3])[SiH3])([Si]([SiH3])([SiH3])[SiH3])[Si]([SiH3])([SiH3])[SiH3]. The standard InChI is InChI=1S/H150Si74/c1-51(2,3)67(49,50)73(68(52(4,5)6,53(7,8)9)54(10,11)12,69(55(13,14)15,56(16,17)18)57(19,20)21)74(70(58(22,23)24,59(25,26)27)60(28,29)30,71(61(31,32)33,62(34,35)36)63(37,38)39)72(64(40,41)42,65(43,44)45)66(46,47)48/h1-50H3. The molecule has 0 aliphatic rings. The van der Waals surface area contributed by atoms with Gasteiger partial charge >= 0.3 is 0 Å². The van der Waals surface area contributed by atoms with Crippen LogP contribution >= 0.6 is 0 Å². The van der Waals surface area contributed by atoms with Gasteiger partial charge in [-0.1, -0.05) is 0 Å². The molecule has 0 aliphatic heterocycles. The molecule has 0 unspecified atom stereocenters. The molecule has 0 saturated heterocycles. The summed E-state index contributed by atoms with van der Waals surface area (Å²) in [6, 6.07) is 0. The van der Waals surface area contributed by atoms with E-state index in [1.165, 1.54) is 0 Å². The molecule has 0 heterocycles. The number of rotatable bonds is 23. The molecule has 74 heteroatoms. The number of hydrogen-bond donors (Lipinski definition) is 0. The highest BCUT2D eigenvalue weighted by molar-refractivity contribution is 8.78. The highest BCUT2D eigenvalue weighted by Gasteiger charge is 3.02. The van der Waals surface area contributed by atoms with Crippen molar-refractivity contribution in [2.45, 2.75) is 0 Å². The molecule has 0 aromatic rings. The fourth-order valence-electron chi connectivity index (χ4n) is 29.8. The molecule has 0 spiro atoms. The summed E-state index contributed by atoms with van der Waals surface area (Å²) in [5.74, 6) is 0. The van der Waals surface area contributed by atoms with Crippen LogP contribution < -0.4 is 0 Å². The van der Waals surface area contributed by atoms with Crippen LogP contribution in [0.15, 0.2) is 0 Å². The lowest BCUT2D eigenvalue weighted by atomic mass is 25.1. The van der Waals surface area contributed by atoms with Gasteiger partial charge in [0.05, 0.1) is 0 Å². The van der Waals surface area contributed by atoms with Crippen LogP contribution in [0.4, 0.5) is 0 Å². The van der Waals surface area contributed by atoms with Gasteiger partial charge < -0.3 is 0 Å². The summed E-state index contributed by atoms with van der Waals surface area (Å²) in [5, 5.41) is 0. The molecule has 0 saturated carbocycles.